The fourth-order valence-electron chi connectivity index (χ4n) is 2.29. The number of rotatable bonds is 4. The van der Waals surface area contributed by atoms with Crippen LogP contribution in [0.5, 0.6) is 0 Å². The van der Waals surface area contributed by atoms with Crippen LogP contribution in [0.15, 0.2) is 29.2 Å². The van der Waals surface area contributed by atoms with Crippen molar-refractivity contribution in [3.63, 3.8) is 0 Å². The molecule has 1 fully saturated rings. The third-order valence-corrected chi connectivity index (χ3v) is 4.46. The molecule has 0 amide bonds. The second-order valence-corrected chi connectivity index (χ2v) is 5.90. The molecule has 1 nitrogen and oxygen atoms in total. The van der Waals surface area contributed by atoms with E-state index in [1.165, 1.54) is 42.0 Å². The summed E-state index contributed by atoms with van der Waals surface area (Å²) in [7, 11) is 2.26. The Morgan fingerprint density at radius 1 is 1.31 bits per heavy atom. The van der Waals surface area contributed by atoms with Crippen molar-refractivity contribution < 1.29 is 0 Å². The SMILES string of the molecule is Cc1ccc(SCCC2CCCN2C)cc1. The van der Waals surface area contributed by atoms with Crippen LogP contribution < -0.4 is 0 Å². The molecule has 16 heavy (non-hydrogen) atoms. The fraction of sp³-hybridized carbons (Fsp3) is 0.571. The van der Waals surface area contributed by atoms with Gasteiger partial charge in [0, 0.05) is 10.9 Å². The van der Waals surface area contributed by atoms with Crippen LogP contribution in [0.1, 0.15) is 24.8 Å². The number of aryl methyl sites for hydroxylation is 1. The maximum atomic E-state index is 2.51. The minimum atomic E-state index is 0.831. The molecule has 88 valence electrons. The predicted molar refractivity (Wildman–Crippen MR) is 72.2 cm³/mol. The Bertz CT molecular complexity index is 320. The van der Waals surface area contributed by atoms with E-state index in [0.717, 1.165) is 6.04 Å². The Hall–Kier alpha value is -0.470. The zero-order chi connectivity index (χ0) is 11.4. The summed E-state index contributed by atoms with van der Waals surface area (Å²) in [4.78, 5) is 3.92. The van der Waals surface area contributed by atoms with E-state index in [2.05, 4.69) is 43.1 Å². The molecule has 1 saturated heterocycles. The lowest BCUT2D eigenvalue weighted by Gasteiger charge is -2.18. The molecular formula is C14H21NS. The van der Waals surface area contributed by atoms with Crippen LogP contribution in [0.2, 0.25) is 0 Å². The van der Waals surface area contributed by atoms with Crippen LogP contribution in [0, 0.1) is 6.92 Å². The quantitative estimate of drug-likeness (QED) is 0.734. The van der Waals surface area contributed by atoms with Crippen molar-refractivity contribution in [2.24, 2.45) is 0 Å². The van der Waals surface area contributed by atoms with E-state index >= 15 is 0 Å². The molecule has 0 aliphatic carbocycles. The van der Waals surface area contributed by atoms with Crippen molar-refractivity contribution in [1.82, 2.24) is 4.90 Å². The average molecular weight is 235 g/mol. The number of benzene rings is 1. The highest BCUT2D eigenvalue weighted by Crippen LogP contribution is 2.24. The molecule has 1 unspecified atom stereocenters. The summed E-state index contributed by atoms with van der Waals surface area (Å²) in [6.07, 6.45) is 4.11. The van der Waals surface area contributed by atoms with Gasteiger partial charge in [0.1, 0.15) is 0 Å². The number of hydrogen-bond donors (Lipinski definition) is 0. The standard InChI is InChI=1S/C14H21NS/c1-12-5-7-14(8-6-12)16-11-9-13-4-3-10-15(13)2/h5-8,13H,3-4,9-11H2,1-2H3. The number of thioether (sulfide) groups is 1. The van der Waals surface area contributed by atoms with Gasteiger partial charge in [0.15, 0.2) is 0 Å². The summed E-state index contributed by atoms with van der Waals surface area (Å²) in [5.74, 6) is 1.25. The lowest BCUT2D eigenvalue weighted by Crippen LogP contribution is -2.25. The van der Waals surface area contributed by atoms with Crippen LogP contribution in [-0.2, 0) is 0 Å². The smallest absolute Gasteiger partial charge is 0.0101 e. The molecule has 0 saturated carbocycles. The largest absolute Gasteiger partial charge is 0.303 e. The lowest BCUT2D eigenvalue weighted by molar-refractivity contribution is 0.305. The van der Waals surface area contributed by atoms with Crippen molar-refractivity contribution in [2.75, 3.05) is 19.3 Å². The molecule has 2 rings (SSSR count). The van der Waals surface area contributed by atoms with Gasteiger partial charge in [-0.2, -0.15) is 0 Å². The van der Waals surface area contributed by atoms with Gasteiger partial charge in [-0.05, 0) is 57.7 Å². The van der Waals surface area contributed by atoms with Gasteiger partial charge < -0.3 is 4.90 Å². The van der Waals surface area contributed by atoms with Crippen LogP contribution >= 0.6 is 11.8 Å². The maximum Gasteiger partial charge on any atom is 0.0101 e. The normalized spacial score (nSPS) is 21.5. The molecule has 0 bridgehead atoms. The van der Waals surface area contributed by atoms with Crippen molar-refractivity contribution in [1.29, 1.82) is 0 Å². The molecule has 1 aromatic carbocycles. The zero-order valence-electron chi connectivity index (χ0n) is 10.3. The fourth-order valence-corrected chi connectivity index (χ4v) is 3.25. The first kappa shape index (κ1) is 12.0. The summed E-state index contributed by atoms with van der Waals surface area (Å²) in [5.41, 5.74) is 1.35. The third kappa shape index (κ3) is 3.26. The van der Waals surface area contributed by atoms with Gasteiger partial charge in [0.05, 0.1) is 0 Å². The summed E-state index contributed by atoms with van der Waals surface area (Å²) in [5, 5.41) is 0. The van der Waals surface area contributed by atoms with Crippen molar-refractivity contribution in [2.45, 2.75) is 37.1 Å². The number of hydrogen-bond acceptors (Lipinski definition) is 2. The summed E-state index contributed by atoms with van der Waals surface area (Å²) in [6.45, 7) is 3.43. The maximum absolute atomic E-state index is 2.51. The van der Waals surface area contributed by atoms with Crippen molar-refractivity contribution in [3.8, 4) is 0 Å². The minimum Gasteiger partial charge on any atom is -0.303 e. The first-order valence-electron chi connectivity index (χ1n) is 6.15. The van der Waals surface area contributed by atoms with E-state index in [1.807, 2.05) is 11.8 Å². The molecular weight excluding hydrogens is 214 g/mol. The van der Waals surface area contributed by atoms with E-state index < -0.39 is 0 Å². The van der Waals surface area contributed by atoms with Gasteiger partial charge in [-0.25, -0.2) is 0 Å². The monoisotopic (exact) mass is 235 g/mol. The van der Waals surface area contributed by atoms with Crippen LogP contribution in [0.4, 0.5) is 0 Å². The Kier molecular flexibility index (Phi) is 4.30. The molecule has 0 aromatic heterocycles. The number of likely N-dealkylation sites (tertiary alicyclic amines) is 1. The second kappa shape index (κ2) is 5.74. The Morgan fingerprint density at radius 3 is 2.69 bits per heavy atom. The topological polar surface area (TPSA) is 3.24 Å². The van der Waals surface area contributed by atoms with E-state index in [1.54, 1.807) is 0 Å². The van der Waals surface area contributed by atoms with Gasteiger partial charge in [-0.1, -0.05) is 17.7 Å². The molecule has 0 N–H and O–H groups in total. The van der Waals surface area contributed by atoms with Crippen LogP contribution in [0.25, 0.3) is 0 Å². The van der Waals surface area contributed by atoms with Crippen molar-refractivity contribution in [3.05, 3.63) is 29.8 Å². The average Bonchev–Trinajstić information content (AvgIpc) is 2.68. The van der Waals surface area contributed by atoms with Gasteiger partial charge in [0.25, 0.3) is 0 Å². The first-order valence-corrected chi connectivity index (χ1v) is 7.14. The molecule has 2 heteroatoms. The van der Waals surface area contributed by atoms with E-state index in [0.29, 0.717) is 0 Å². The Morgan fingerprint density at radius 2 is 2.06 bits per heavy atom. The van der Waals surface area contributed by atoms with E-state index in [-0.39, 0.29) is 0 Å². The van der Waals surface area contributed by atoms with Crippen molar-refractivity contribution >= 4 is 11.8 Å². The highest BCUT2D eigenvalue weighted by atomic mass is 32.2. The van der Waals surface area contributed by atoms with Gasteiger partial charge in [0.2, 0.25) is 0 Å². The minimum absolute atomic E-state index is 0.831. The lowest BCUT2D eigenvalue weighted by atomic mass is 10.2. The highest BCUT2D eigenvalue weighted by molar-refractivity contribution is 7.99. The second-order valence-electron chi connectivity index (χ2n) is 4.73. The molecule has 0 spiro atoms. The molecule has 1 aromatic rings. The zero-order valence-corrected chi connectivity index (χ0v) is 11.1. The predicted octanol–water partition coefficient (Wildman–Crippen LogP) is 3.57. The summed E-state index contributed by atoms with van der Waals surface area (Å²) < 4.78 is 0. The van der Waals surface area contributed by atoms with Crippen LogP contribution in [0.3, 0.4) is 0 Å². The summed E-state index contributed by atoms with van der Waals surface area (Å²) >= 11 is 1.99. The molecule has 1 aliphatic heterocycles. The van der Waals surface area contributed by atoms with Crippen LogP contribution in [-0.4, -0.2) is 30.3 Å². The molecule has 1 heterocycles. The Balaban J connectivity index is 1.73. The summed E-state index contributed by atoms with van der Waals surface area (Å²) in [6, 6.07) is 9.70. The first-order chi connectivity index (χ1) is 7.75. The molecule has 1 aliphatic rings. The highest BCUT2D eigenvalue weighted by Gasteiger charge is 2.19. The molecule has 1 atom stereocenters. The van der Waals surface area contributed by atoms with Gasteiger partial charge in [-0.15, -0.1) is 11.8 Å². The van der Waals surface area contributed by atoms with Gasteiger partial charge in [-0.3, -0.25) is 0 Å². The van der Waals surface area contributed by atoms with Gasteiger partial charge >= 0.3 is 0 Å². The Labute approximate surface area is 103 Å². The number of nitrogens with zero attached hydrogens (tertiary/aromatic N) is 1. The third-order valence-electron chi connectivity index (χ3n) is 3.41. The van der Waals surface area contributed by atoms with E-state index in [9.17, 15) is 0 Å². The molecule has 0 radical (unpaired) electrons. The van der Waals surface area contributed by atoms with E-state index in [4.69, 9.17) is 0 Å².